The molecule has 0 bridgehead atoms. The summed E-state index contributed by atoms with van der Waals surface area (Å²) in [7, 11) is 0. The van der Waals surface area contributed by atoms with Gasteiger partial charge in [-0.1, -0.05) is 12.8 Å². The van der Waals surface area contributed by atoms with Crippen molar-refractivity contribution in [3.63, 3.8) is 0 Å². The molecule has 1 saturated carbocycles. The van der Waals surface area contributed by atoms with Crippen molar-refractivity contribution in [2.24, 2.45) is 17.3 Å². The highest BCUT2D eigenvalue weighted by molar-refractivity contribution is 5.77. The molecule has 7 nitrogen and oxygen atoms in total. The van der Waals surface area contributed by atoms with E-state index in [2.05, 4.69) is 4.90 Å². The average molecular weight is 436 g/mol. The zero-order valence-corrected chi connectivity index (χ0v) is 17.2. The Morgan fingerprint density at radius 1 is 1.10 bits per heavy atom. The number of alkyl halides is 3. The second kappa shape index (κ2) is 9.82. The summed E-state index contributed by atoms with van der Waals surface area (Å²) in [6.45, 7) is 7.94. The fourth-order valence-corrected chi connectivity index (χ4v) is 5.12. The second-order valence-electron chi connectivity index (χ2n) is 8.89. The third-order valence-corrected chi connectivity index (χ3v) is 6.69. The number of carboxylic acid groups (broad SMARTS) is 1. The van der Waals surface area contributed by atoms with Gasteiger partial charge in [0.25, 0.3) is 0 Å². The highest BCUT2D eigenvalue weighted by Crippen LogP contribution is 2.45. The number of halogens is 3. The first-order valence-corrected chi connectivity index (χ1v) is 10.7. The molecule has 4 rings (SSSR count). The molecule has 0 aromatic carbocycles. The van der Waals surface area contributed by atoms with Crippen molar-refractivity contribution in [3.05, 3.63) is 0 Å². The number of morpholine rings is 1. The average Bonchev–Trinajstić information content (AvgIpc) is 3.39. The minimum Gasteiger partial charge on any atom is -0.475 e. The Morgan fingerprint density at radius 3 is 2.33 bits per heavy atom. The molecule has 1 aliphatic carbocycles. The smallest absolute Gasteiger partial charge is 0.475 e. The molecule has 1 amide bonds. The van der Waals surface area contributed by atoms with Crippen molar-refractivity contribution >= 4 is 11.9 Å². The largest absolute Gasteiger partial charge is 0.490 e. The minimum atomic E-state index is -5.08. The first-order valence-electron chi connectivity index (χ1n) is 10.7. The van der Waals surface area contributed by atoms with Crippen LogP contribution in [0.1, 0.15) is 32.1 Å². The summed E-state index contributed by atoms with van der Waals surface area (Å²) in [5.74, 6) is -1.00. The highest BCUT2D eigenvalue weighted by atomic mass is 19.4. The molecule has 0 spiro atoms. The first-order chi connectivity index (χ1) is 14.2. The number of carbonyl (C=O) groups excluding carboxylic acids is 1. The number of rotatable bonds is 4. The number of nitrogens with zero attached hydrogens (tertiary/aromatic N) is 2. The summed E-state index contributed by atoms with van der Waals surface area (Å²) in [5, 5.41) is 7.12. The Kier molecular flexibility index (Phi) is 7.62. The second-order valence-corrected chi connectivity index (χ2v) is 8.89. The molecule has 3 saturated heterocycles. The van der Waals surface area contributed by atoms with Crippen molar-refractivity contribution in [2.75, 3.05) is 59.2 Å². The summed E-state index contributed by atoms with van der Waals surface area (Å²) >= 11 is 0. The van der Waals surface area contributed by atoms with Crippen LogP contribution in [0.3, 0.4) is 0 Å². The highest BCUT2D eigenvalue weighted by Gasteiger charge is 2.52. The lowest BCUT2D eigenvalue weighted by Gasteiger charge is -2.32. The fourth-order valence-electron chi connectivity index (χ4n) is 5.12. The Hall–Kier alpha value is -1.39. The van der Waals surface area contributed by atoms with Crippen LogP contribution in [0.5, 0.6) is 0 Å². The van der Waals surface area contributed by atoms with Gasteiger partial charge in [0.05, 0.1) is 26.4 Å². The monoisotopic (exact) mass is 436 g/mol. The van der Waals surface area contributed by atoms with Gasteiger partial charge in [0.2, 0.25) is 5.91 Å². The van der Waals surface area contributed by atoms with Crippen molar-refractivity contribution < 1.29 is 37.3 Å². The maximum Gasteiger partial charge on any atom is 0.490 e. The van der Waals surface area contributed by atoms with Crippen LogP contribution < -0.4 is 0 Å². The van der Waals surface area contributed by atoms with E-state index < -0.39 is 12.1 Å². The lowest BCUT2D eigenvalue weighted by molar-refractivity contribution is -0.192. The quantitative estimate of drug-likeness (QED) is 0.727. The number of amides is 1. The first kappa shape index (κ1) is 23.3. The van der Waals surface area contributed by atoms with E-state index in [0.29, 0.717) is 31.5 Å². The summed E-state index contributed by atoms with van der Waals surface area (Å²) in [5.41, 5.74) is 0.0774. The van der Waals surface area contributed by atoms with E-state index in [1.807, 2.05) is 4.90 Å². The van der Waals surface area contributed by atoms with Crippen molar-refractivity contribution in [1.29, 1.82) is 0 Å². The van der Waals surface area contributed by atoms with Crippen molar-refractivity contribution in [3.8, 4) is 0 Å². The van der Waals surface area contributed by atoms with E-state index in [-0.39, 0.29) is 5.41 Å². The van der Waals surface area contributed by atoms with Gasteiger partial charge in [0.1, 0.15) is 0 Å². The molecular weight excluding hydrogens is 405 g/mol. The molecule has 3 heterocycles. The molecule has 0 aromatic heterocycles. The van der Waals surface area contributed by atoms with E-state index in [1.165, 1.54) is 32.2 Å². The standard InChI is InChI=1S/C18H30N2O3.C2HF3O2/c21-17(20-5-7-22-8-6-20)9-18-13-19(10-15-3-1-2-4-15)11-16(18)12-23-14-18;3-2(4,5)1(6)7/h15-16H,1-14H2;(H,6,7)/t16-,18+;/m1./s1. The van der Waals surface area contributed by atoms with E-state index >= 15 is 0 Å². The van der Waals surface area contributed by atoms with Gasteiger partial charge in [-0.15, -0.1) is 0 Å². The molecule has 0 aromatic rings. The number of carboxylic acids is 1. The van der Waals surface area contributed by atoms with Gasteiger partial charge in [-0.2, -0.15) is 13.2 Å². The van der Waals surface area contributed by atoms with Crippen LogP contribution in [-0.2, 0) is 19.1 Å². The molecular formula is C20H31F3N2O5. The third kappa shape index (κ3) is 5.85. The maximum absolute atomic E-state index is 12.7. The van der Waals surface area contributed by atoms with Crippen molar-refractivity contribution in [1.82, 2.24) is 9.80 Å². The SMILES string of the molecule is O=C(C[C@]12COC[C@H]1CN(CC1CCCC1)C2)N1CCOCC1.O=C(O)C(F)(F)F. The van der Waals surface area contributed by atoms with Crippen LogP contribution in [0.15, 0.2) is 0 Å². The van der Waals surface area contributed by atoms with E-state index in [0.717, 1.165) is 45.3 Å². The Balaban J connectivity index is 0.000000318. The van der Waals surface area contributed by atoms with Crippen LogP contribution >= 0.6 is 0 Å². The van der Waals surface area contributed by atoms with E-state index in [4.69, 9.17) is 19.4 Å². The Morgan fingerprint density at radius 2 is 1.73 bits per heavy atom. The predicted octanol–water partition coefficient (Wildman–Crippen LogP) is 2.01. The number of likely N-dealkylation sites (tertiary alicyclic amines) is 1. The minimum absolute atomic E-state index is 0.0774. The number of ether oxygens (including phenoxy) is 2. The molecule has 30 heavy (non-hydrogen) atoms. The third-order valence-electron chi connectivity index (χ3n) is 6.69. The van der Waals surface area contributed by atoms with Gasteiger partial charge >= 0.3 is 12.1 Å². The van der Waals surface area contributed by atoms with Crippen LogP contribution in [0.25, 0.3) is 0 Å². The van der Waals surface area contributed by atoms with Gasteiger partial charge in [-0.05, 0) is 18.8 Å². The van der Waals surface area contributed by atoms with Crippen LogP contribution in [0.4, 0.5) is 13.2 Å². The lowest BCUT2D eigenvalue weighted by Crippen LogP contribution is -2.44. The van der Waals surface area contributed by atoms with Gasteiger partial charge in [0.15, 0.2) is 0 Å². The molecule has 4 aliphatic rings. The van der Waals surface area contributed by atoms with Crippen molar-refractivity contribution in [2.45, 2.75) is 38.3 Å². The van der Waals surface area contributed by atoms with Crippen LogP contribution in [0, 0.1) is 17.3 Å². The van der Waals surface area contributed by atoms with Gasteiger partial charge in [-0.25, -0.2) is 4.79 Å². The molecule has 3 aliphatic heterocycles. The van der Waals surface area contributed by atoms with Gasteiger partial charge < -0.3 is 24.4 Å². The molecule has 1 N–H and O–H groups in total. The lowest BCUT2D eigenvalue weighted by atomic mass is 9.77. The zero-order valence-electron chi connectivity index (χ0n) is 17.2. The number of fused-ring (bicyclic) bond motifs is 1. The zero-order chi connectivity index (χ0) is 21.8. The molecule has 4 fully saturated rings. The number of carbonyl (C=O) groups is 2. The molecule has 0 unspecified atom stereocenters. The maximum atomic E-state index is 12.7. The predicted molar refractivity (Wildman–Crippen MR) is 101 cm³/mol. The normalized spacial score (nSPS) is 30.1. The fraction of sp³-hybridized carbons (Fsp3) is 0.900. The van der Waals surface area contributed by atoms with E-state index in [1.54, 1.807) is 0 Å². The number of hydrogen-bond donors (Lipinski definition) is 1. The number of hydrogen-bond acceptors (Lipinski definition) is 5. The number of aliphatic carboxylic acids is 1. The summed E-state index contributed by atoms with van der Waals surface area (Å²) in [6, 6.07) is 0. The summed E-state index contributed by atoms with van der Waals surface area (Å²) in [6.07, 6.45) is 1.20. The molecule has 2 atom stereocenters. The molecule has 10 heteroatoms. The van der Waals surface area contributed by atoms with Crippen LogP contribution in [-0.4, -0.2) is 92.1 Å². The Bertz CT molecular complexity index is 606. The summed E-state index contributed by atoms with van der Waals surface area (Å²) < 4.78 is 42.9. The summed E-state index contributed by atoms with van der Waals surface area (Å²) in [4.78, 5) is 26.3. The molecule has 0 radical (unpaired) electrons. The molecule has 172 valence electrons. The Labute approximate surface area is 174 Å². The van der Waals surface area contributed by atoms with Gasteiger partial charge in [0, 0.05) is 50.5 Å². The van der Waals surface area contributed by atoms with Gasteiger partial charge in [-0.3, -0.25) is 4.79 Å². The topological polar surface area (TPSA) is 79.3 Å². The van der Waals surface area contributed by atoms with E-state index in [9.17, 15) is 18.0 Å². The van der Waals surface area contributed by atoms with Crippen LogP contribution in [0.2, 0.25) is 0 Å².